The van der Waals surface area contributed by atoms with Crippen molar-refractivity contribution < 1.29 is 14.6 Å². The zero-order chi connectivity index (χ0) is 14.9. The average Bonchev–Trinajstić information content (AvgIpc) is 2.49. The summed E-state index contributed by atoms with van der Waals surface area (Å²) >= 11 is 0. The van der Waals surface area contributed by atoms with Crippen LogP contribution in [0, 0.1) is 0 Å². The highest BCUT2D eigenvalue weighted by atomic mass is 16.5. The fourth-order valence-electron chi connectivity index (χ4n) is 2.86. The zero-order valence-corrected chi connectivity index (χ0v) is 12.9. The van der Waals surface area contributed by atoms with Crippen LogP contribution in [0.4, 0.5) is 0 Å². The van der Waals surface area contributed by atoms with Gasteiger partial charge in [0.05, 0.1) is 13.2 Å². The molecule has 4 heteroatoms. The third-order valence-corrected chi connectivity index (χ3v) is 3.98. The van der Waals surface area contributed by atoms with E-state index in [1.807, 2.05) is 6.07 Å². The second kappa shape index (κ2) is 9.03. The predicted molar refractivity (Wildman–Crippen MR) is 83.7 cm³/mol. The molecule has 2 rings (SSSR count). The highest BCUT2D eigenvalue weighted by Crippen LogP contribution is 2.31. The van der Waals surface area contributed by atoms with Gasteiger partial charge in [0, 0.05) is 19.8 Å². The van der Waals surface area contributed by atoms with Crippen LogP contribution in [0.2, 0.25) is 0 Å². The largest absolute Gasteiger partial charge is 0.508 e. The summed E-state index contributed by atoms with van der Waals surface area (Å²) in [5.74, 6) is 0.377. The van der Waals surface area contributed by atoms with Crippen molar-refractivity contribution in [3.63, 3.8) is 0 Å². The van der Waals surface area contributed by atoms with E-state index in [9.17, 15) is 5.11 Å². The Hall–Kier alpha value is -1.10. The predicted octanol–water partition coefficient (Wildman–Crippen LogP) is 2.80. The van der Waals surface area contributed by atoms with E-state index in [4.69, 9.17) is 9.47 Å². The fourth-order valence-corrected chi connectivity index (χ4v) is 2.86. The van der Waals surface area contributed by atoms with E-state index in [0.29, 0.717) is 25.0 Å². The van der Waals surface area contributed by atoms with Gasteiger partial charge in [0.2, 0.25) is 0 Å². The summed E-state index contributed by atoms with van der Waals surface area (Å²) in [5.41, 5.74) is 2.65. The Bertz CT molecular complexity index is 422. The van der Waals surface area contributed by atoms with Gasteiger partial charge in [-0.3, -0.25) is 0 Å². The van der Waals surface area contributed by atoms with Crippen LogP contribution < -0.4 is 5.32 Å². The normalized spacial score (nSPS) is 17.7. The van der Waals surface area contributed by atoms with Gasteiger partial charge in [-0.15, -0.1) is 0 Å². The quantitative estimate of drug-likeness (QED) is 0.687. The number of methoxy groups -OCH3 is 1. The summed E-state index contributed by atoms with van der Waals surface area (Å²) in [7, 11) is 1.69. The number of unbranched alkanes of at least 4 members (excludes halogenated alkanes) is 1. The van der Waals surface area contributed by atoms with Crippen molar-refractivity contribution in [3.05, 3.63) is 29.3 Å². The minimum atomic E-state index is 0.377. The number of ether oxygens (including phenoxy) is 2. The van der Waals surface area contributed by atoms with E-state index in [-0.39, 0.29) is 0 Å². The highest BCUT2D eigenvalue weighted by molar-refractivity contribution is 5.38. The first kappa shape index (κ1) is 16.3. The molecule has 0 radical (unpaired) electrons. The molecule has 0 bridgehead atoms. The molecular weight excluding hydrogens is 266 g/mol. The first-order valence-corrected chi connectivity index (χ1v) is 7.93. The zero-order valence-electron chi connectivity index (χ0n) is 12.9. The van der Waals surface area contributed by atoms with Gasteiger partial charge >= 0.3 is 0 Å². The maximum atomic E-state index is 9.57. The molecule has 21 heavy (non-hydrogen) atoms. The minimum absolute atomic E-state index is 0.377. The number of hydrogen-bond acceptors (Lipinski definition) is 4. The minimum Gasteiger partial charge on any atom is -0.508 e. The van der Waals surface area contributed by atoms with Gasteiger partial charge in [-0.1, -0.05) is 6.07 Å². The van der Waals surface area contributed by atoms with Crippen LogP contribution in [0.1, 0.15) is 42.9 Å². The molecule has 1 atom stereocenters. The molecule has 118 valence electrons. The molecule has 0 aliphatic heterocycles. The lowest BCUT2D eigenvalue weighted by Gasteiger charge is -2.26. The Balaban J connectivity index is 1.66. The van der Waals surface area contributed by atoms with Crippen molar-refractivity contribution in [2.24, 2.45) is 0 Å². The lowest BCUT2D eigenvalue weighted by atomic mass is 9.87. The lowest BCUT2D eigenvalue weighted by molar-refractivity contribution is 0.0687. The molecule has 0 saturated heterocycles. The van der Waals surface area contributed by atoms with Gasteiger partial charge < -0.3 is 19.9 Å². The molecule has 1 aromatic rings. The number of phenols is 1. The molecule has 0 saturated carbocycles. The summed E-state index contributed by atoms with van der Waals surface area (Å²) < 4.78 is 10.4. The van der Waals surface area contributed by atoms with Crippen LogP contribution in [0.3, 0.4) is 0 Å². The number of fused-ring (bicyclic) bond motifs is 1. The number of aromatic hydroxyl groups is 1. The smallest absolute Gasteiger partial charge is 0.115 e. The van der Waals surface area contributed by atoms with Crippen LogP contribution in [0.15, 0.2) is 18.2 Å². The second-order valence-electron chi connectivity index (χ2n) is 5.59. The highest BCUT2D eigenvalue weighted by Gasteiger charge is 2.19. The van der Waals surface area contributed by atoms with E-state index >= 15 is 0 Å². The summed E-state index contributed by atoms with van der Waals surface area (Å²) in [6.07, 6.45) is 5.65. The van der Waals surface area contributed by atoms with E-state index in [1.54, 1.807) is 13.2 Å². The van der Waals surface area contributed by atoms with Crippen molar-refractivity contribution in [3.8, 4) is 5.75 Å². The number of nitrogens with one attached hydrogen (secondary N) is 1. The van der Waals surface area contributed by atoms with Crippen molar-refractivity contribution in [2.45, 2.75) is 38.1 Å². The van der Waals surface area contributed by atoms with Gasteiger partial charge in [0.1, 0.15) is 5.75 Å². The van der Waals surface area contributed by atoms with Crippen LogP contribution >= 0.6 is 0 Å². The Morgan fingerprint density at radius 2 is 2.14 bits per heavy atom. The second-order valence-corrected chi connectivity index (χ2v) is 5.59. The molecule has 1 aliphatic carbocycles. The Kier molecular flexibility index (Phi) is 7.00. The van der Waals surface area contributed by atoms with E-state index in [1.165, 1.54) is 24.0 Å². The first-order chi connectivity index (χ1) is 10.3. The van der Waals surface area contributed by atoms with Crippen molar-refractivity contribution in [2.75, 3.05) is 33.5 Å². The van der Waals surface area contributed by atoms with Gasteiger partial charge in [0.15, 0.2) is 0 Å². The van der Waals surface area contributed by atoms with Crippen molar-refractivity contribution >= 4 is 0 Å². The van der Waals surface area contributed by atoms with Gasteiger partial charge in [-0.2, -0.15) is 0 Å². The standard InChI is InChI=1S/C17H27NO3/c1-20-11-12-21-10-3-2-9-18-17-6-4-5-14-13-15(19)7-8-16(14)17/h7-8,13,17-19H,2-6,9-12H2,1H3. The molecule has 0 spiro atoms. The molecule has 0 heterocycles. The molecule has 1 aliphatic rings. The lowest BCUT2D eigenvalue weighted by Crippen LogP contribution is -2.26. The molecule has 2 N–H and O–H groups in total. The number of benzene rings is 1. The maximum Gasteiger partial charge on any atom is 0.115 e. The summed E-state index contributed by atoms with van der Waals surface area (Å²) in [6, 6.07) is 6.20. The SMILES string of the molecule is COCCOCCCCNC1CCCc2cc(O)ccc21. The van der Waals surface area contributed by atoms with Crippen LogP contribution in [-0.2, 0) is 15.9 Å². The fraction of sp³-hybridized carbons (Fsp3) is 0.647. The van der Waals surface area contributed by atoms with Gasteiger partial charge in [0.25, 0.3) is 0 Å². The van der Waals surface area contributed by atoms with Crippen LogP contribution in [0.5, 0.6) is 5.75 Å². The first-order valence-electron chi connectivity index (χ1n) is 7.93. The molecule has 1 aromatic carbocycles. The van der Waals surface area contributed by atoms with Crippen molar-refractivity contribution in [1.82, 2.24) is 5.32 Å². The Labute approximate surface area is 127 Å². The van der Waals surface area contributed by atoms with E-state index < -0.39 is 0 Å². The Morgan fingerprint density at radius 3 is 3.00 bits per heavy atom. The van der Waals surface area contributed by atoms with E-state index in [2.05, 4.69) is 11.4 Å². The number of phenolic OH excluding ortho intramolecular Hbond substituents is 1. The maximum absolute atomic E-state index is 9.57. The third-order valence-electron chi connectivity index (χ3n) is 3.98. The summed E-state index contributed by atoms with van der Waals surface area (Å²) in [5, 5.41) is 13.2. The molecule has 4 nitrogen and oxygen atoms in total. The molecule has 0 amide bonds. The van der Waals surface area contributed by atoms with Crippen LogP contribution in [-0.4, -0.2) is 38.6 Å². The Morgan fingerprint density at radius 1 is 1.24 bits per heavy atom. The van der Waals surface area contributed by atoms with Crippen molar-refractivity contribution in [1.29, 1.82) is 0 Å². The van der Waals surface area contributed by atoms with Gasteiger partial charge in [-0.05, 0) is 61.9 Å². The van der Waals surface area contributed by atoms with Crippen LogP contribution in [0.25, 0.3) is 0 Å². The molecule has 0 fully saturated rings. The third kappa shape index (κ3) is 5.30. The van der Waals surface area contributed by atoms with E-state index in [0.717, 1.165) is 32.4 Å². The topological polar surface area (TPSA) is 50.7 Å². The van der Waals surface area contributed by atoms with Gasteiger partial charge in [-0.25, -0.2) is 0 Å². The average molecular weight is 293 g/mol. The number of hydrogen-bond donors (Lipinski definition) is 2. The molecular formula is C17H27NO3. The number of aryl methyl sites for hydroxylation is 1. The number of rotatable bonds is 9. The molecule has 1 unspecified atom stereocenters. The summed E-state index contributed by atoms with van der Waals surface area (Å²) in [4.78, 5) is 0. The summed E-state index contributed by atoms with van der Waals surface area (Å²) in [6.45, 7) is 3.17. The molecule has 0 aromatic heterocycles. The monoisotopic (exact) mass is 293 g/mol.